The molecule has 1 rings (SSSR count). The monoisotopic (exact) mass is 775 g/mol. The predicted octanol–water partition coefficient (Wildman–Crippen LogP) is 8.44. The number of carbonyl (C=O) groups is 2. The molecule has 314 valence electrons. The Morgan fingerprint density at radius 3 is 1.53 bits per heavy atom. The fourth-order valence-corrected chi connectivity index (χ4v) is 5.80. The minimum absolute atomic E-state index is 0.202. The highest BCUT2D eigenvalue weighted by Crippen LogP contribution is 2.22. The van der Waals surface area contributed by atoms with Gasteiger partial charge in [0.1, 0.15) is 31.0 Å². The molecule has 1 aliphatic rings. The van der Waals surface area contributed by atoms with Crippen LogP contribution < -0.4 is 0 Å². The number of hydrogen-bond donors (Lipinski definition) is 4. The van der Waals surface area contributed by atoms with E-state index >= 15 is 0 Å². The van der Waals surface area contributed by atoms with E-state index in [9.17, 15) is 30.0 Å². The molecule has 0 aromatic heterocycles. The zero-order chi connectivity index (χ0) is 40.2. The molecule has 0 amide bonds. The van der Waals surface area contributed by atoms with Gasteiger partial charge in [0, 0.05) is 12.8 Å². The highest BCUT2D eigenvalue weighted by Gasteiger charge is 2.44. The van der Waals surface area contributed by atoms with Crippen molar-refractivity contribution in [3.05, 3.63) is 72.9 Å². The summed E-state index contributed by atoms with van der Waals surface area (Å²) in [7, 11) is 0. The van der Waals surface area contributed by atoms with Crippen molar-refractivity contribution < 1.29 is 49.0 Å². The third-order valence-electron chi connectivity index (χ3n) is 9.09. The van der Waals surface area contributed by atoms with Crippen LogP contribution >= 0.6 is 0 Å². The van der Waals surface area contributed by atoms with E-state index in [1.54, 1.807) is 0 Å². The van der Waals surface area contributed by atoms with E-state index in [1.807, 2.05) is 0 Å². The summed E-state index contributed by atoms with van der Waals surface area (Å²) < 4.78 is 22.1. The van der Waals surface area contributed by atoms with E-state index in [4.69, 9.17) is 18.9 Å². The summed E-state index contributed by atoms with van der Waals surface area (Å²) >= 11 is 0. The molecule has 4 N–H and O–H groups in total. The van der Waals surface area contributed by atoms with Crippen molar-refractivity contribution in [2.45, 2.75) is 179 Å². The predicted molar refractivity (Wildman–Crippen MR) is 219 cm³/mol. The van der Waals surface area contributed by atoms with Crippen LogP contribution in [0.15, 0.2) is 72.9 Å². The maximum atomic E-state index is 12.7. The van der Waals surface area contributed by atoms with Gasteiger partial charge >= 0.3 is 11.9 Å². The van der Waals surface area contributed by atoms with Crippen molar-refractivity contribution in [3.63, 3.8) is 0 Å². The van der Waals surface area contributed by atoms with E-state index < -0.39 is 55.4 Å². The number of allylic oxidation sites excluding steroid dienone is 12. The standard InChI is InChI=1S/C45H74O10/c1-3-5-7-9-11-13-15-17-19-21-23-25-27-29-31-33-40(47)52-36-38(37-53-45-44(51)43(50)42(49)39(35-46)55-45)54-41(48)34-32-30-28-26-24-22-20-18-16-14-12-10-8-6-4-2/h5-8,11-14,17-20,38-39,42-46,49-51H,3-4,9-10,15-16,21-37H2,1-2H3/b7-5-,8-6-,13-11-,14-12-,19-17-,20-18-/t38-,39-,42+,43+,44-,45-/m0/s1. The van der Waals surface area contributed by atoms with Gasteiger partial charge in [0.25, 0.3) is 0 Å². The van der Waals surface area contributed by atoms with Crippen LogP contribution in [0.4, 0.5) is 0 Å². The van der Waals surface area contributed by atoms with Crippen LogP contribution in [0.25, 0.3) is 0 Å². The number of esters is 2. The molecule has 0 aliphatic carbocycles. The van der Waals surface area contributed by atoms with Crippen LogP contribution in [0.2, 0.25) is 0 Å². The Balaban J connectivity index is 2.39. The van der Waals surface area contributed by atoms with Crippen molar-refractivity contribution in [2.24, 2.45) is 0 Å². The van der Waals surface area contributed by atoms with Crippen LogP contribution in [-0.2, 0) is 28.5 Å². The summed E-state index contributed by atoms with van der Waals surface area (Å²) in [6.45, 7) is 3.14. The lowest BCUT2D eigenvalue weighted by Crippen LogP contribution is -2.59. The number of unbranched alkanes of at least 4 members (excludes halogenated alkanes) is 10. The van der Waals surface area contributed by atoms with Gasteiger partial charge in [0.2, 0.25) is 0 Å². The summed E-state index contributed by atoms with van der Waals surface area (Å²) in [6.07, 6.45) is 36.2. The van der Waals surface area contributed by atoms with Gasteiger partial charge in [-0.2, -0.15) is 0 Å². The SMILES string of the molecule is CC/C=C\C/C=C\C/C=C\CCCCCCCC(=O)OC[C@@H](CO[C@H]1O[C@@H](CO)[C@@H](O)[C@@H](O)[C@@H]1O)OC(=O)CCCCCCC/C=C\C/C=C\C/C=C\CC. The second-order valence-electron chi connectivity index (χ2n) is 14.0. The second kappa shape index (κ2) is 35.5. The zero-order valence-corrected chi connectivity index (χ0v) is 33.9. The molecule has 6 atom stereocenters. The molecule has 10 nitrogen and oxygen atoms in total. The first-order valence-electron chi connectivity index (χ1n) is 21.0. The van der Waals surface area contributed by atoms with Gasteiger partial charge < -0.3 is 39.4 Å². The average Bonchev–Trinajstić information content (AvgIpc) is 3.18. The van der Waals surface area contributed by atoms with Crippen LogP contribution in [0.3, 0.4) is 0 Å². The number of hydrogen-bond acceptors (Lipinski definition) is 10. The van der Waals surface area contributed by atoms with Gasteiger partial charge in [-0.15, -0.1) is 0 Å². The van der Waals surface area contributed by atoms with E-state index in [0.717, 1.165) is 103 Å². The molecule has 0 aromatic rings. The van der Waals surface area contributed by atoms with Crippen LogP contribution in [0.1, 0.15) is 142 Å². The van der Waals surface area contributed by atoms with Crippen molar-refractivity contribution in [1.82, 2.24) is 0 Å². The molecule has 0 aromatic carbocycles. The lowest BCUT2D eigenvalue weighted by atomic mass is 9.99. The molecule has 1 aliphatic heterocycles. The average molecular weight is 775 g/mol. The van der Waals surface area contributed by atoms with E-state index in [-0.39, 0.29) is 26.1 Å². The Labute approximate surface area is 332 Å². The molecular weight excluding hydrogens is 700 g/mol. The van der Waals surface area contributed by atoms with Gasteiger partial charge in [-0.3, -0.25) is 9.59 Å². The molecule has 0 spiro atoms. The number of rotatable bonds is 33. The first-order chi connectivity index (χ1) is 26.8. The van der Waals surface area contributed by atoms with Gasteiger partial charge in [-0.25, -0.2) is 0 Å². The van der Waals surface area contributed by atoms with E-state index in [1.165, 1.54) is 0 Å². The summed E-state index contributed by atoms with van der Waals surface area (Å²) in [5, 5.41) is 40.0. The molecule has 0 radical (unpaired) electrons. The Kier molecular flexibility index (Phi) is 32.4. The number of carbonyl (C=O) groups excluding carboxylic acids is 2. The molecule has 0 saturated carbocycles. The largest absolute Gasteiger partial charge is 0.462 e. The quantitative estimate of drug-likeness (QED) is 0.0291. The molecule has 0 unspecified atom stereocenters. The number of aliphatic hydroxyl groups excluding tert-OH is 4. The fourth-order valence-electron chi connectivity index (χ4n) is 5.80. The third-order valence-corrected chi connectivity index (χ3v) is 9.09. The number of aliphatic hydroxyl groups is 4. The lowest BCUT2D eigenvalue weighted by Gasteiger charge is -2.39. The lowest BCUT2D eigenvalue weighted by molar-refractivity contribution is -0.305. The van der Waals surface area contributed by atoms with Crippen molar-refractivity contribution in [3.8, 4) is 0 Å². The first-order valence-corrected chi connectivity index (χ1v) is 21.0. The summed E-state index contributed by atoms with van der Waals surface area (Å²) in [5.74, 6) is -0.855. The molecule has 1 saturated heterocycles. The Bertz CT molecular complexity index is 1120. The van der Waals surface area contributed by atoms with E-state index in [0.29, 0.717) is 12.8 Å². The number of ether oxygens (including phenoxy) is 4. The van der Waals surface area contributed by atoms with Crippen molar-refractivity contribution in [2.75, 3.05) is 19.8 Å². The molecule has 55 heavy (non-hydrogen) atoms. The molecule has 10 heteroatoms. The maximum absolute atomic E-state index is 12.7. The minimum atomic E-state index is -1.60. The fraction of sp³-hybridized carbons (Fsp3) is 0.689. The normalized spacial score (nSPS) is 21.3. The Morgan fingerprint density at radius 1 is 0.564 bits per heavy atom. The third kappa shape index (κ3) is 27.4. The smallest absolute Gasteiger partial charge is 0.306 e. The topological polar surface area (TPSA) is 152 Å². The van der Waals surface area contributed by atoms with Gasteiger partial charge in [0.15, 0.2) is 12.4 Å². The van der Waals surface area contributed by atoms with Crippen LogP contribution in [-0.4, -0.2) is 89.0 Å². The van der Waals surface area contributed by atoms with Crippen molar-refractivity contribution in [1.29, 1.82) is 0 Å². The van der Waals surface area contributed by atoms with Crippen LogP contribution in [0, 0.1) is 0 Å². The zero-order valence-electron chi connectivity index (χ0n) is 33.9. The van der Waals surface area contributed by atoms with Gasteiger partial charge in [0.05, 0.1) is 13.2 Å². The Morgan fingerprint density at radius 2 is 1.02 bits per heavy atom. The summed E-state index contributed by atoms with van der Waals surface area (Å²) in [4.78, 5) is 25.3. The minimum Gasteiger partial charge on any atom is -0.462 e. The maximum Gasteiger partial charge on any atom is 0.306 e. The van der Waals surface area contributed by atoms with E-state index in [2.05, 4.69) is 86.8 Å². The summed E-state index contributed by atoms with van der Waals surface area (Å²) in [5.41, 5.74) is 0. The van der Waals surface area contributed by atoms with Gasteiger partial charge in [-0.1, -0.05) is 125 Å². The molecule has 1 fully saturated rings. The van der Waals surface area contributed by atoms with Crippen LogP contribution in [0.5, 0.6) is 0 Å². The highest BCUT2D eigenvalue weighted by atomic mass is 16.7. The Hall–Kier alpha value is -2.86. The molecular formula is C45H74O10. The molecule has 0 bridgehead atoms. The highest BCUT2D eigenvalue weighted by molar-refractivity contribution is 5.70. The second-order valence-corrected chi connectivity index (χ2v) is 14.0. The van der Waals surface area contributed by atoms with Crippen molar-refractivity contribution >= 4 is 11.9 Å². The summed E-state index contributed by atoms with van der Waals surface area (Å²) in [6, 6.07) is 0. The first kappa shape index (κ1) is 50.2. The van der Waals surface area contributed by atoms with Gasteiger partial charge in [-0.05, 0) is 77.0 Å². The molecule has 1 heterocycles.